The first-order chi connectivity index (χ1) is 8.88. The van der Waals surface area contributed by atoms with Gasteiger partial charge in [-0.05, 0) is 18.9 Å². The molecule has 104 valence electrons. The van der Waals surface area contributed by atoms with Gasteiger partial charge in [0.05, 0.1) is 17.0 Å². The maximum absolute atomic E-state index is 12.0. The van der Waals surface area contributed by atoms with E-state index in [4.69, 9.17) is 5.73 Å². The summed E-state index contributed by atoms with van der Waals surface area (Å²) < 4.78 is 0. The van der Waals surface area contributed by atoms with Gasteiger partial charge >= 0.3 is 0 Å². The lowest BCUT2D eigenvalue weighted by Gasteiger charge is -2.27. The van der Waals surface area contributed by atoms with Crippen LogP contribution in [0.5, 0.6) is 0 Å². The third kappa shape index (κ3) is 3.51. The molecule has 0 aliphatic heterocycles. The van der Waals surface area contributed by atoms with Crippen molar-refractivity contribution in [1.29, 1.82) is 0 Å². The van der Waals surface area contributed by atoms with Crippen molar-refractivity contribution in [3.8, 4) is 0 Å². The summed E-state index contributed by atoms with van der Waals surface area (Å²) >= 11 is 0. The first-order valence-corrected chi connectivity index (χ1v) is 6.15. The fourth-order valence-corrected chi connectivity index (χ4v) is 1.75. The van der Waals surface area contributed by atoms with Gasteiger partial charge in [-0.25, -0.2) is 0 Å². The molecule has 1 rings (SSSR count). The van der Waals surface area contributed by atoms with E-state index in [1.807, 2.05) is 13.8 Å². The highest BCUT2D eigenvalue weighted by Gasteiger charge is 2.22. The van der Waals surface area contributed by atoms with Crippen molar-refractivity contribution in [1.82, 2.24) is 4.90 Å². The van der Waals surface area contributed by atoms with Gasteiger partial charge in [-0.1, -0.05) is 19.1 Å². The summed E-state index contributed by atoms with van der Waals surface area (Å²) in [6.45, 7) is 3.66. The van der Waals surface area contributed by atoms with Gasteiger partial charge in [0, 0.05) is 19.2 Å². The maximum Gasteiger partial charge on any atom is 0.269 e. The monoisotopic (exact) mass is 265 g/mol. The van der Waals surface area contributed by atoms with Crippen LogP contribution in [0.4, 0.5) is 5.69 Å². The van der Waals surface area contributed by atoms with Crippen LogP contribution >= 0.6 is 0 Å². The molecule has 2 atom stereocenters. The zero-order chi connectivity index (χ0) is 14.6. The second-order valence-corrected chi connectivity index (χ2v) is 4.49. The van der Waals surface area contributed by atoms with Crippen molar-refractivity contribution in [3.63, 3.8) is 0 Å². The van der Waals surface area contributed by atoms with Crippen molar-refractivity contribution in [2.24, 2.45) is 5.73 Å². The third-order valence-electron chi connectivity index (χ3n) is 3.25. The fourth-order valence-electron chi connectivity index (χ4n) is 1.75. The molecular weight excluding hydrogens is 246 g/mol. The van der Waals surface area contributed by atoms with E-state index >= 15 is 0 Å². The first kappa shape index (κ1) is 15.1. The number of nitro groups is 1. The molecule has 1 amide bonds. The van der Waals surface area contributed by atoms with Crippen LogP contribution in [0.3, 0.4) is 0 Å². The van der Waals surface area contributed by atoms with E-state index in [-0.39, 0.29) is 17.6 Å². The van der Waals surface area contributed by atoms with Crippen LogP contribution in [0.15, 0.2) is 24.3 Å². The molecule has 0 aliphatic carbocycles. The Morgan fingerprint density at radius 1 is 1.53 bits per heavy atom. The van der Waals surface area contributed by atoms with E-state index in [1.54, 1.807) is 19.2 Å². The number of hydrogen-bond acceptors (Lipinski definition) is 4. The van der Waals surface area contributed by atoms with E-state index in [0.29, 0.717) is 12.0 Å². The van der Waals surface area contributed by atoms with Gasteiger partial charge in [0.25, 0.3) is 5.69 Å². The van der Waals surface area contributed by atoms with Gasteiger partial charge in [-0.3, -0.25) is 14.9 Å². The third-order valence-corrected chi connectivity index (χ3v) is 3.25. The molecule has 0 heterocycles. The first-order valence-electron chi connectivity index (χ1n) is 6.15. The number of nitrogens with two attached hydrogens (primary N) is 1. The van der Waals surface area contributed by atoms with Crippen molar-refractivity contribution in [2.45, 2.75) is 32.4 Å². The number of nitro benzene ring substituents is 1. The maximum atomic E-state index is 12.0. The number of carbonyl (C=O) groups excluding carboxylic acids is 1. The highest BCUT2D eigenvalue weighted by Crippen LogP contribution is 2.23. The van der Waals surface area contributed by atoms with Crippen molar-refractivity contribution >= 4 is 11.6 Å². The highest BCUT2D eigenvalue weighted by atomic mass is 16.6. The normalized spacial score (nSPS) is 13.7. The average molecular weight is 265 g/mol. The molecule has 0 aromatic heterocycles. The molecule has 0 aliphatic rings. The van der Waals surface area contributed by atoms with Crippen LogP contribution in [-0.2, 0) is 4.79 Å². The second kappa shape index (κ2) is 6.29. The van der Waals surface area contributed by atoms with Crippen molar-refractivity contribution < 1.29 is 9.72 Å². The van der Waals surface area contributed by atoms with E-state index < -0.39 is 11.0 Å². The summed E-state index contributed by atoms with van der Waals surface area (Å²) in [5.74, 6) is -0.165. The van der Waals surface area contributed by atoms with Crippen LogP contribution in [0.1, 0.15) is 31.9 Å². The van der Waals surface area contributed by atoms with Gasteiger partial charge in [-0.2, -0.15) is 0 Å². The van der Waals surface area contributed by atoms with Crippen LogP contribution < -0.4 is 5.73 Å². The zero-order valence-electron chi connectivity index (χ0n) is 11.4. The smallest absolute Gasteiger partial charge is 0.269 e. The van der Waals surface area contributed by atoms with Crippen molar-refractivity contribution in [2.75, 3.05) is 7.05 Å². The minimum absolute atomic E-state index is 0.0185. The van der Waals surface area contributed by atoms with Gasteiger partial charge < -0.3 is 10.6 Å². The lowest BCUT2D eigenvalue weighted by atomic mass is 10.1. The van der Waals surface area contributed by atoms with Gasteiger partial charge in [0.2, 0.25) is 5.91 Å². The molecule has 0 saturated carbocycles. The predicted molar refractivity (Wildman–Crippen MR) is 72.5 cm³/mol. The molecule has 1 aromatic rings. The quantitative estimate of drug-likeness (QED) is 0.650. The molecule has 0 radical (unpaired) electrons. The molecule has 0 bridgehead atoms. The minimum atomic E-state index is -0.536. The number of nitrogens with zero attached hydrogens (tertiary/aromatic N) is 2. The molecule has 6 nitrogen and oxygen atoms in total. The Morgan fingerprint density at radius 3 is 2.68 bits per heavy atom. The Labute approximate surface area is 112 Å². The molecule has 0 spiro atoms. The minimum Gasteiger partial charge on any atom is -0.338 e. The fraction of sp³-hybridized carbons (Fsp3) is 0.462. The number of amides is 1. The number of carbonyl (C=O) groups is 1. The zero-order valence-corrected chi connectivity index (χ0v) is 11.4. The number of rotatable bonds is 5. The molecular formula is C13H19N3O3. The largest absolute Gasteiger partial charge is 0.338 e. The Kier molecular flexibility index (Phi) is 5.00. The van der Waals surface area contributed by atoms with Gasteiger partial charge in [0.1, 0.15) is 0 Å². The summed E-state index contributed by atoms with van der Waals surface area (Å²) in [6, 6.07) is 5.49. The van der Waals surface area contributed by atoms with E-state index in [0.717, 1.165) is 0 Å². The van der Waals surface area contributed by atoms with Crippen LogP contribution in [0.25, 0.3) is 0 Å². The second-order valence-electron chi connectivity index (χ2n) is 4.49. The Morgan fingerprint density at radius 2 is 2.16 bits per heavy atom. The highest BCUT2D eigenvalue weighted by molar-refractivity contribution is 5.81. The lowest BCUT2D eigenvalue weighted by Crippen LogP contribution is -2.42. The molecule has 19 heavy (non-hydrogen) atoms. The molecule has 1 unspecified atom stereocenters. The van der Waals surface area contributed by atoms with Crippen LogP contribution in [0, 0.1) is 10.1 Å². The van der Waals surface area contributed by atoms with E-state index in [9.17, 15) is 14.9 Å². The van der Waals surface area contributed by atoms with Crippen LogP contribution in [-0.4, -0.2) is 28.8 Å². The summed E-state index contributed by atoms with van der Waals surface area (Å²) in [7, 11) is 1.65. The number of likely N-dealkylation sites (N-methyl/N-ethyl adjacent to an activating group) is 1. The molecule has 1 aromatic carbocycles. The summed E-state index contributed by atoms with van der Waals surface area (Å²) in [4.78, 5) is 23.8. The van der Waals surface area contributed by atoms with Gasteiger partial charge in [0.15, 0.2) is 0 Å². The molecule has 0 saturated heterocycles. The Bertz CT molecular complexity index is 476. The van der Waals surface area contributed by atoms with Crippen molar-refractivity contribution in [3.05, 3.63) is 39.9 Å². The number of benzene rings is 1. The Hall–Kier alpha value is -1.95. The molecule has 6 heteroatoms. The van der Waals surface area contributed by atoms with Gasteiger partial charge in [-0.15, -0.1) is 0 Å². The summed E-state index contributed by atoms with van der Waals surface area (Å²) in [6.07, 6.45) is 0.560. The van der Waals surface area contributed by atoms with E-state index in [1.165, 1.54) is 17.0 Å². The topological polar surface area (TPSA) is 89.5 Å². The lowest BCUT2D eigenvalue weighted by molar-refractivity contribution is -0.384. The summed E-state index contributed by atoms with van der Waals surface area (Å²) in [5.41, 5.74) is 6.45. The van der Waals surface area contributed by atoms with Crippen LogP contribution in [0.2, 0.25) is 0 Å². The van der Waals surface area contributed by atoms with E-state index in [2.05, 4.69) is 0 Å². The number of non-ortho nitro benzene ring substituents is 1. The summed E-state index contributed by atoms with van der Waals surface area (Å²) in [5, 5.41) is 10.7. The molecule has 0 fully saturated rings. The molecule has 2 N–H and O–H groups in total. The SMILES string of the molecule is CC[C@@H](N)C(=O)N(C)C(C)c1cccc([N+](=O)[O-])c1. The standard InChI is InChI=1S/C13H19N3O3/c1-4-12(14)13(17)15(3)9(2)10-6-5-7-11(8-10)16(18)19/h5-9,12H,4,14H2,1-3H3/t9?,12-/m1/s1. The number of hydrogen-bond donors (Lipinski definition) is 1. The average Bonchev–Trinajstić information content (AvgIpc) is 2.44. The Balaban J connectivity index is 2.93. The predicted octanol–water partition coefficient (Wildman–Crippen LogP) is 1.85.